The SMILES string of the molecule is CCC[C@H]1OC[C@@](C)(OCc2ccccc2)CO1. The Labute approximate surface area is 109 Å². The molecule has 0 saturated carbocycles. The van der Waals surface area contributed by atoms with Crippen molar-refractivity contribution >= 4 is 0 Å². The van der Waals surface area contributed by atoms with Gasteiger partial charge in [0.25, 0.3) is 0 Å². The van der Waals surface area contributed by atoms with Gasteiger partial charge in [0.2, 0.25) is 0 Å². The molecule has 1 aromatic carbocycles. The zero-order valence-corrected chi connectivity index (χ0v) is 11.2. The fourth-order valence-corrected chi connectivity index (χ4v) is 1.95. The van der Waals surface area contributed by atoms with Gasteiger partial charge in [-0.05, 0) is 18.9 Å². The highest BCUT2D eigenvalue weighted by Gasteiger charge is 2.33. The van der Waals surface area contributed by atoms with Crippen LogP contribution in [0, 0.1) is 0 Å². The van der Waals surface area contributed by atoms with Crippen LogP contribution in [-0.2, 0) is 20.8 Å². The Morgan fingerprint density at radius 2 is 1.89 bits per heavy atom. The van der Waals surface area contributed by atoms with Gasteiger partial charge >= 0.3 is 0 Å². The predicted molar refractivity (Wildman–Crippen MR) is 70.2 cm³/mol. The molecule has 1 fully saturated rings. The molecule has 0 radical (unpaired) electrons. The first-order chi connectivity index (χ1) is 8.72. The lowest BCUT2D eigenvalue weighted by atomic mass is 10.1. The maximum absolute atomic E-state index is 5.93. The molecule has 1 heterocycles. The van der Waals surface area contributed by atoms with Crippen molar-refractivity contribution in [1.29, 1.82) is 0 Å². The fraction of sp³-hybridized carbons (Fsp3) is 0.600. The third-order valence-corrected chi connectivity index (χ3v) is 3.10. The first kappa shape index (κ1) is 13.5. The van der Waals surface area contributed by atoms with Gasteiger partial charge in [-0.2, -0.15) is 0 Å². The van der Waals surface area contributed by atoms with Crippen LogP contribution < -0.4 is 0 Å². The van der Waals surface area contributed by atoms with E-state index < -0.39 is 0 Å². The molecule has 0 atom stereocenters. The smallest absolute Gasteiger partial charge is 0.157 e. The summed E-state index contributed by atoms with van der Waals surface area (Å²) in [6, 6.07) is 10.2. The molecule has 1 aliphatic heterocycles. The van der Waals surface area contributed by atoms with E-state index in [1.165, 1.54) is 5.56 Å². The van der Waals surface area contributed by atoms with E-state index in [4.69, 9.17) is 14.2 Å². The van der Waals surface area contributed by atoms with E-state index in [9.17, 15) is 0 Å². The number of hydrogen-bond acceptors (Lipinski definition) is 3. The molecule has 0 aromatic heterocycles. The number of hydrogen-bond donors (Lipinski definition) is 0. The standard InChI is InChI=1S/C15H22O3/c1-3-7-14-16-11-15(2,12-17-14)18-10-13-8-5-4-6-9-13/h4-6,8-9,14H,3,7,10-12H2,1-2H3/t14-,15+. The maximum atomic E-state index is 5.93. The van der Waals surface area contributed by atoms with Crippen LogP contribution in [0.5, 0.6) is 0 Å². The van der Waals surface area contributed by atoms with E-state index in [-0.39, 0.29) is 11.9 Å². The minimum atomic E-state index is -0.333. The topological polar surface area (TPSA) is 27.7 Å². The third kappa shape index (κ3) is 3.80. The molecule has 0 amide bonds. The van der Waals surface area contributed by atoms with Gasteiger partial charge in [-0.15, -0.1) is 0 Å². The minimum Gasteiger partial charge on any atom is -0.366 e. The molecule has 1 aliphatic rings. The van der Waals surface area contributed by atoms with E-state index in [2.05, 4.69) is 19.1 Å². The van der Waals surface area contributed by atoms with Gasteiger partial charge in [-0.1, -0.05) is 43.7 Å². The average molecular weight is 250 g/mol. The summed E-state index contributed by atoms with van der Waals surface area (Å²) >= 11 is 0. The summed E-state index contributed by atoms with van der Waals surface area (Å²) in [5.74, 6) is 0. The summed E-state index contributed by atoms with van der Waals surface area (Å²) < 4.78 is 17.3. The minimum absolute atomic E-state index is 0.0524. The van der Waals surface area contributed by atoms with Crippen molar-refractivity contribution in [2.45, 2.75) is 45.2 Å². The number of benzene rings is 1. The predicted octanol–water partition coefficient (Wildman–Crippen LogP) is 3.13. The summed E-state index contributed by atoms with van der Waals surface area (Å²) in [4.78, 5) is 0. The fourth-order valence-electron chi connectivity index (χ4n) is 1.95. The Bertz CT molecular complexity index is 342. The van der Waals surface area contributed by atoms with E-state index in [0.29, 0.717) is 19.8 Å². The molecule has 0 N–H and O–H groups in total. The first-order valence-electron chi connectivity index (χ1n) is 6.63. The van der Waals surface area contributed by atoms with Gasteiger partial charge in [0, 0.05) is 0 Å². The second-order valence-corrected chi connectivity index (χ2v) is 5.06. The number of rotatable bonds is 5. The molecule has 0 bridgehead atoms. The molecule has 1 aromatic rings. The maximum Gasteiger partial charge on any atom is 0.157 e. The molecular weight excluding hydrogens is 228 g/mol. The van der Waals surface area contributed by atoms with Gasteiger partial charge in [0.15, 0.2) is 6.29 Å². The van der Waals surface area contributed by atoms with Gasteiger partial charge in [0.1, 0.15) is 5.60 Å². The third-order valence-electron chi connectivity index (χ3n) is 3.10. The normalized spacial score (nSPS) is 28.2. The lowest BCUT2D eigenvalue weighted by Crippen LogP contribution is -2.47. The van der Waals surface area contributed by atoms with Gasteiger partial charge in [-0.3, -0.25) is 0 Å². The van der Waals surface area contributed by atoms with Gasteiger partial charge < -0.3 is 14.2 Å². The monoisotopic (exact) mass is 250 g/mol. The molecular formula is C15H22O3. The Morgan fingerprint density at radius 3 is 2.50 bits per heavy atom. The summed E-state index contributed by atoms with van der Waals surface area (Å²) in [5, 5.41) is 0. The van der Waals surface area contributed by atoms with Crippen LogP contribution in [-0.4, -0.2) is 25.1 Å². The van der Waals surface area contributed by atoms with Crippen molar-refractivity contribution in [3.8, 4) is 0 Å². The zero-order chi connectivity index (χ0) is 12.8. The van der Waals surface area contributed by atoms with Crippen molar-refractivity contribution < 1.29 is 14.2 Å². The van der Waals surface area contributed by atoms with Crippen molar-refractivity contribution in [3.63, 3.8) is 0 Å². The average Bonchev–Trinajstić information content (AvgIpc) is 2.41. The van der Waals surface area contributed by atoms with Crippen LogP contribution in [0.2, 0.25) is 0 Å². The van der Waals surface area contributed by atoms with Crippen LogP contribution in [0.15, 0.2) is 30.3 Å². The van der Waals surface area contributed by atoms with Crippen molar-refractivity contribution in [3.05, 3.63) is 35.9 Å². The molecule has 18 heavy (non-hydrogen) atoms. The number of ether oxygens (including phenoxy) is 3. The van der Waals surface area contributed by atoms with E-state index in [0.717, 1.165) is 12.8 Å². The van der Waals surface area contributed by atoms with Crippen LogP contribution in [0.25, 0.3) is 0 Å². The molecule has 1 saturated heterocycles. The van der Waals surface area contributed by atoms with Crippen LogP contribution in [0.1, 0.15) is 32.3 Å². The van der Waals surface area contributed by atoms with Gasteiger partial charge in [0.05, 0.1) is 19.8 Å². The zero-order valence-electron chi connectivity index (χ0n) is 11.2. The summed E-state index contributed by atoms with van der Waals surface area (Å²) in [6.45, 7) is 5.97. The van der Waals surface area contributed by atoms with Crippen molar-refractivity contribution in [2.24, 2.45) is 0 Å². The van der Waals surface area contributed by atoms with E-state index in [1.807, 2.05) is 25.1 Å². The summed E-state index contributed by atoms with van der Waals surface area (Å²) in [5.41, 5.74) is 0.842. The van der Waals surface area contributed by atoms with Crippen LogP contribution >= 0.6 is 0 Å². The van der Waals surface area contributed by atoms with Crippen molar-refractivity contribution in [2.75, 3.05) is 13.2 Å². The largest absolute Gasteiger partial charge is 0.366 e. The van der Waals surface area contributed by atoms with Crippen LogP contribution in [0.4, 0.5) is 0 Å². The molecule has 2 rings (SSSR count). The Morgan fingerprint density at radius 1 is 1.22 bits per heavy atom. The Kier molecular flexibility index (Phi) is 4.75. The lowest BCUT2D eigenvalue weighted by Gasteiger charge is -2.37. The van der Waals surface area contributed by atoms with Crippen LogP contribution in [0.3, 0.4) is 0 Å². The van der Waals surface area contributed by atoms with E-state index in [1.54, 1.807) is 0 Å². The molecule has 0 unspecified atom stereocenters. The molecule has 0 spiro atoms. The molecule has 0 aliphatic carbocycles. The highest BCUT2D eigenvalue weighted by Crippen LogP contribution is 2.22. The quantitative estimate of drug-likeness (QED) is 0.803. The van der Waals surface area contributed by atoms with E-state index >= 15 is 0 Å². The Balaban J connectivity index is 1.79. The molecule has 3 heteroatoms. The molecule has 3 nitrogen and oxygen atoms in total. The van der Waals surface area contributed by atoms with Gasteiger partial charge in [-0.25, -0.2) is 0 Å². The summed E-state index contributed by atoms with van der Waals surface area (Å²) in [6.07, 6.45) is 1.98. The highest BCUT2D eigenvalue weighted by molar-refractivity contribution is 5.13. The second-order valence-electron chi connectivity index (χ2n) is 5.06. The second kappa shape index (κ2) is 6.32. The van der Waals surface area contributed by atoms with Crippen molar-refractivity contribution in [1.82, 2.24) is 0 Å². The lowest BCUT2D eigenvalue weighted by molar-refractivity contribution is -0.264. The highest BCUT2D eigenvalue weighted by atomic mass is 16.7. The Hall–Kier alpha value is -0.900. The summed E-state index contributed by atoms with van der Waals surface area (Å²) in [7, 11) is 0. The first-order valence-corrected chi connectivity index (χ1v) is 6.63. The molecule has 100 valence electrons.